The van der Waals surface area contributed by atoms with E-state index in [1.54, 1.807) is 0 Å². The van der Waals surface area contributed by atoms with Crippen LogP contribution in [0.5, 0.6) is 0 Å². The van der Waals surface area contributed by atoms with Gasteiger partial charge in [-0.25, -0.2) is 0 Å². The molecule has 0 aliphatic heterocycles. The van der Waals surface area contributed by atoms with Gasteiger partial charge in [-0.1, -0.05) is 51.1 Å². The van der Waals surface area contributed by atoms with Crippen molar-refractivity contribution in [3.8, 4) is 0 Å². The van der Waals surface area contributed by atoms with Gasteiger partial charge in [-0.05, 0) is 42.0 Å². The van der Waals surface area contributed by atoms with Crippen molar-refractivity contribution >= 4 is 8.32 Å². The molecule has 1 aromatic carbocycles. The van der Waals surface area contributed by atoms with E-state index in [1.807, 2.05) is 0 Å². The lowest BCUT2D eigenvalue weighted by Crippen LogP contribution is -2.41. The van der Waals surface area contributed by atoms with E-state index >= 15 is 0 Å². The van der Waals surface area contributed by atoms with E-state index in [9.17, 15) is 0 Å². The molecule has 1 aliphatic rings. The minimum Gasteiger partial charge on any atom is -0.417 e. The molecule has 2 rings (SSSR count). The molecule has 0 heterocycles. The van der Waals surface area contributed by atoms with Gasteiger partial charge in [-0.3, -0.25) is 0 Å². The third kappa shape index (κ3) is 3.04. The van der Waals surface area contributed by atoms with Crippen LogP contribution in [0.15, 0.2) is 30.3 Å². The van der Waals surface area contributed by atoms with Gasteiger partial charge >= 0.3 is 0 Å². The van der Waals surface area contributed by atoms with Crippen molar-refractivity contribution in [3.05, 3.63) is 35.9 Å². The van der Waals surface area contributed by atoms with Gasteiger partial charge in [0, 0.05) is 6.61 Å². The first-order valence-electron chi connectivity index (χ1n) is 7.00. The Balaban J connectivity index is 1.85. The zero-order valence-electron chi connectivity index (χ0n) is 12.4. The molecular formula is C16H26OSi. The maximum Gasteiger partial charge on any atom is 0.191 e. The van der Waals surface area contributed by atoms with Gasteiger partial charge in [-0.15, -0.1) is 0 Å². The lowest BCUT2D eigenvalue weighted by atomic mass is 10.1. The second-order valence-electron chi connectivity index (χ2n) is 7.08. The van der Waals surface area contributed by atoms with Crippen molar-refractivity contribution in [2.75, 3.05) is 6.61 Å². The lowest BCUT2D eigenvalue weighted by molar-refractivity contribution is 0.270. The van der Waals surface area contributed by atoms with Crippen LogP contribution in [-0.2, 0) is 4.43 Å². The molecular weight excluding hydrogens is 236 g/mol. The average Bonchev–Trinajstić information content (AvgIpc) is 3.06. The quantitative estimate of drug-likeness (QED) is 0.707. The summed E-state index contributed by atoms with van der Waals surface area (Å²) in [7, 11) is -1.56. The van der Waals surface area contributed by atoms with E-state index in [1.165, 1.54) is 12.0 Å². The van der Waals surface area contributed by atoms with Crippen molar-refractivity contribution in [1.82, 2.24) is 0 Å². The van der Waals surface area contributed by atoms with E-state index in [0.717, 1.165) is 18.4 Å². The van der Waals surface area contributed by atoms with Crippen LogP contribution in [0.25, 0.3) is 0 Å². The van der Waals surface area contributed by atoms with Gasteiger partial charge < -0.3 is 4.43 Å². The Labute approximate surface area is 113 Å². The average molecular weight is 262 g/mol. The zero-order chi connectivity index (χ0) is 13.4. The molecule has 0 bridgehead atoms. The summed E-state index contributed by atoms with van der Waals surface area (Å²) >= 11 is 0. The van der Waals surface area contributed by atoms with E-state index in [4.69, 9.17) is 4.43 Å². The van der Waals surface area contributed by atoms with Crippen molar-refractivity contribution in [2.24, 2.45) is 5.92 Å². The lowest BCUT2D eigenvalue weighted by Gasteiger charge is -2.36. The van der Waals surface area contributed by atoms with Gasteiger partial charge in [0.1, 0.15) is 0 Å². The van der Waals surface area contributed by atoms with Crippen molar-refractivity contribution in [2.45, 2.75) is 51.2 Å². The smallest absolute Gasteiger partial charge is 0.191 e. The number of benzene rings is 1. The highest BCUT2D eigenvalue weighted by Crippen LogP contribution is 2.48. The van der Waals surface area contributed by atoms with Crippen LogP contribution in [0.4, 0.5) is 0 Å². The predicted octanol–water partition coefficient (Wildman–Crippen LogP) is 4.81. The Morgan fingerprint density at radius 2 is 1.78 bits per heavy atom. The molecule has 1 aliphatic carbocycles. The molecule has 1 nitrogen and oxygen atoms in total. The maximum absolute atomic E-state index is 6.31. The Hall–Kier alpha value is -0.603. The van der Waals surface area contributed by atoms with Gasteiger partial charge in [0.25, 0.3) is 0 Å². The Morgan fingerprint density at radius 1 is 1.17 bits per heavy atom. The van der Waals surface area contributed by atoms with Crippen LogP contribution in [0, 0.1) is 5.92 Å². The van der Waals surface area contributed by atoms with E-state index in [2.05, 4.69) is 64.2 Å². The number of rotatable bonds is 4. The molecule has 100 valence electrons. The summed E-state index contributed by atoms with van der Waals surface area (Å²) in [6, 6.07) is 10.9. The van der Waals surface area contributed by atoms with Crippen molar-refractivity contribution in [3.63, 3.8) is 0 Å². The summed E-state index contributed by atoms with van der Waals surface area (Å²) in [6.07, 6.45) is 1.30. The molecule has 1 saturated carbocycles. The normalized spacial score (nSPS) is 24.1. The molecule has 2 heteroatoms. The minimum atomic E-state index is -1.56. The molecule has 0 unspecified atom stereocenters. The number of hydrogen-bond donors (Lipinski definition) is 0. The highest BCUT2D eigenvalue weighted by atomic mass is 28.4. The van der Waals surface area contributed by atoms with Crippen molar-refractivity contribution in [1.29, 1.82) is 0 Å². The maximum atomic E-state index is 6.31. The fourth-order valence-electron chi connectivity index (χ4n) is 2.07. The minimum absolute atomic E-state index is 0.324. The Morgan fingerprint density at radius 3 is 2.33 bits per heavy atom. The molecule has 1 fully saturated rings. The van der Waals surface area contributed by atoms with Crippen LogP contribution >= 0.6 is 0 Å². The standard InChI is InChI=1S/C16H26OSi/c1-16(2,3)18(4,5)17-12-14-11-15(14)13-9-7-6-8-10-13/h6-10,14-15H,11-12H2,1-5H3/t14-,15-/m0/s1. The fraction of sp³-hybridized carbons (Fsp3) is 0.625. The Bertz CT molecular complexity index is 391. The first-order valence-corrected chi connectivity index (χ1v) is 9.91. The van der Waals surface area contributed by atoms with Crippen LogP contribution in [0.3, 0.4) is 0 Å². The van der Waals surface area contributed by atoms with Gasteiger partial charge in [-0.2, -0.15) is 0 Å². The number of hydrogen-bond acceptors (Lipinski definition) is 1. The third-order valence-corrected chi connectivity index (χ3v) is 9.12. The molecule has 2 atom stereocenters. The summed E-state index contributed by atoms with van der Waals surface area (Å²) in [4.78, 5) is 0. The van der Waals surface area contributed by atoms with Gasteiger partial charge in [0.05, 0.1) is 0 Å². The molecule has 0 amide bonds. The first-order chi connectivity index (χ1) is 8.31. The largest absolute Gasteiger partial charge is 0.417 e. The van der Waals surface area contributed by atoms with Gasteiger partial charge in [0.2, 0.25) is 0 Å². The Kier molecular flexibility index (Phi) is 3.70. The molecule has 18 heavy (non-hydrogen) atoms. The third-order valence-electron chi connectivity index (χ3n) is 4.61. The predicted molar refractivity (Wildman–Crippen MR) is 80.4 cm³/mol. The van der Waals surface area contributed by atoms with Crippen LogP contribution in [0.1, 0.15) is 38.7 Å². The second kappa shape index (κ2) is 4.82. The topological polar surface area (TPSA) is 9.23 Å². The van der Waals surface area contributed by atoms with Crippen LogP contribution < -0.4 is 0 Å². The highest BCUT2D eigenvalue weighted by Gasteiger charge is 2.42. The fourth-order valence-corrected chi connectivity index (χ4v) is 3.14. The molecule has 0 spiro atoms. The summed E-state index contributed by atoms with van der Waals surface area (Å²) in [5.74, 6) is 1.50. The first kappa shape index (κ1) is 13.8. The van der Waals surface area contributed by atoms with Crippen LogP contribution in [-0.4, -0.2) is 14.9 Å². The van der Waals surface area contributed by atoms with Crippen molar-refractivity contribution < 1.29 is 4.43 Å². The summed E-state index contributed by atoms with van der Waals surface area (Å²) < 4.78 is 6.31. The van der Waals surface area contributed by atoms with E-state index in [0.29, 0.717) is 5.04 Å². The monoisotopic (exact) mass is 262 g/mol. The van der Waals surface area contributed by atoms with E-state index < -0.39 is 8.32 Å². The summed E-state index contributed by atoms with van der Waals surface area (Å²) in [6.45, 7) is 12.6. The SMILES string of the molecule is CC(C)(C)[Si](C)(C)OC[C@@H]1C[C@H]1c1ccccc1. The van der Waals surface area contributed by atoms with E-state index in [-0.39, 0.29) is 0 Å². The molecule has 0 radical (unpaired) electrons. The molecule has 0 saturated heterocycles. The molecule has 1 aromatic rings. The van der Waals surface area contributed by atoms with Crippen LogP contribution in [0.2, 0.25) is 18.1 Å². The highest BCUT2D eigenvalue weighted by molar-refractivity contribution is 6.74. The summed E-state index contributed by atoms with van der Waals surface area (Å²) in [5.41, 5.74) is 1.49. The molecule has 0 N–H and O–H groups in total. The second-order valence-corrected chi connectivity index (χ2v) is 11.9. The summed E-state index contributed by atoms with van der Waals surface area (Å²) in [5, 5.41) is 0.324. The molecule has 0 aromatic heterocycles. The zero-order valence-corrected chi connectivity index (χ0v) is 13.4. The van der Waals surface area contributed by atoms with Gasteiger partial charge in [0.15, 0.2) is 8.32 Å².